The number of nitrogens with zero attached hydrogens (tertiary/aromatic N) is 4. The van der Waals surface area contributed by atoms with Crippen LogP contribution in [0.15, 0.2) is 24.3 Å². The fraction of sp³-hybridized carbons (Fsp3) is 0.609. The van der Waals surface area contributed by atoms with E-state index in [1.54, 1.807) is 6.92 Å². The van der Waals surface area contributed by atoms with Gasteiger partial charge in [-0.25, -0.2) is 4.79 Å². The first-order chi connectivity index (χ1) is 14.9. The molecule has 4 saturated carbocycles. The number of aromatic nitrogens is 4. The number of amides is 1. The van der Waals surface area contributed by atoms with E-state index in [9.17, 15) is 9.59 Å². The van der Waals surface area contributed by atoms with Gasteiger partial charge in [-0.3, -0.25) is 4.79 Å². The lowest BCUT2D eigenvalue weighted by atomic mass is 9.53. The number of carbonyl (C=O) groups excluding carboxylic acids is 2. The number of esters is 1. The monoisotopic (exact) mass is 423 g/mol. The van der Waals surface area contributed by atoms with Crippen LogP contribution in [0.25, 0.3) is 11.4 Å². The molecule has 0 spiro atoms. The van der Waals surface area contributed by atoms with E-state index in [2.05, 4.69) is 20.7 Å². The summed E-state index contributed by atoms with van der Waals surface area (Å²) in [6.07, 6.45) is 6.29. The van der Waals surface area contributed by atoms with Crippen molar-refractivity contribution in [2.24, 2.45) is 17.8 Å². The second kappa shape index (κ2) is 7.73. The van der Waals surface area contributed by atoms with Crippen LogP contribution in [0.1, 0.15) is 51.0 Å². The van der Waals surface area contributed by atoms with Gasteiger partial charge in [-0.05, 0) is 75.3 Å². The summed E-state index contributed by atoms with van der Waals surface area (Å²) < 4.78 is 5.38. The Labute approximate surface area is 181 Å². The summed E-state index contributed by atoms with van der Waals surface area (Å²) >= 11 is 0. The van der Waals surface area contributed by atoms with Gasteiger partial charge in [0.2, 0.25) is 5.82 Å². The van der Waals surface area contributed by atoms with Crippen LogP contribution in [-0.4, -0.2) is 43.7 Å². The average molecular weight is 424 g/mol. The van der Waals surface area contributed by atoms with Gasteiger partial charge < -0.3 is 10.1 Å². The Balaban J connectivity index is 1.15. The molecule has 4 aliphatic rings. The standard InChI is InChI=1S/C23H29N5O3/c1-14-3-5-19(6-4-14)21-25-27-28(26-21)13-20(29)31-15(2)22(30)24-23-10-16-7-17(11-23)9-18(8-16)12-23/h3-6,15-18H,7-13H2,1-2H3,(H,24,30)/t15-,16?,17?,18?,23?/m0/s1. The number of benzene rings is 1. The first kappa shape index (κ1) is 20.2. The zero-order valence-electron chi connectivity index (χ0n) is 18.1. The van der Waals surface area contributed by atoms with Crippen LogP contribution in [0, 0.1) is 24.7 Å². The molecule has 0 unspecified atom stereocenters. The van der Waals surface area contributed by atoms with Crippen molar-refractivity contribution in [1.82, 2.24) is 25.5 Å². The third-order valence-corrected chi connectivity index (χ3v) is 7.14. The molecule has 8 heteroatoms. The van der Waals surface area contributed by atoms with Crippen molar-refractivity contribution in [3.63, 3.8) is 0 Å². The van der Waals surface area contributed by atoms with Crippen molar-refractivity contribution in [3.05, 3.63) is 29.8 Å². The maximum absolute atomic E-state index is 12.8. The quantitative estimate of drug-likeness (QED) is 0.717. The zero-order chi connectivity index (χ0) is 21.6. The molecule has 4 bridgehead atoms. The molecule has 31 heavy (non-hydrogen) atoms. The average Bonchev–Trinajstić information content (AvgIpc) is 3.15. The number of nitrogens with one attached hydrogen (secondary N) is 1. The second-order valence-electron chi connectivity index (χ2n) is 9.83. The lowest BCUT2D eigenvalue weighted by Crippen LogP contribution is -2.61. The van der Waals surface area contributed by atoms with Crippen LogP contribution in [-0.2, 0) is 20.9 Å². The maximum atomic E-state index is 12.8. The van der Waals surface area contributed by atoms with Crippen LogP contribution in [0.4, 0.5) is 0 Å². The number of rotatable bonds is 6. The number of ether oxygens (including phenoxy) is 1. The molecule has 164 valence electrons. The smallest absolute Gasteiger partial charge is 0.330 e. The van der Waals surface area contributed by atoms with E-state index in [1.807, 2.05) is 31.2 Å². The fourth-order valence-electron chi connectivity index (χ4n) is 6.16. The first-order valence-electron chi connectivity index (χ1n) is 11.2. The summed E-state index contributed by atoms with van der Waals surface area (Å²) in [7, 11) is 0. The third kappa shape index (κ3) is 4.20. The highest BCUT2D eigenvalue weighted by atomic mass is 16.5. The minimum Gasteiger partial charge on any atom is -0.451 e. The Kier molecular flexibility index (Phi) is 5.02. The lowest BCUT2D eigenvalue weighted by molar-refractivity contribution is -0.157. The topological polar surface area (TPSA) is 99.0 Å². The fourth-order valence-corrected chi connectivity index (χ4v) is 6.16. The molecule has 8 nitrogen and oxygen atoms in total. The second-order valence-corrected chi connectivity index (χ2v) is 9.83. The highest BCUT2D eigenvalue weighted by Gasteiger charge is 2.51. The molecule has 4 aliphatic carbocycles. The molecule has 6 rings (SSSR count). The van der Waals surface area contributed by atoms with Crippen LogP contribution < -0.4 is 5.32 Å². The summed E-state index contributed by atoms with van der Waals surface area (Å²) in [5, 5.41) is 15.4. The van der Waals surface area contributed by atoms with Crippen molar-refractivity contribution in [3.8, 4) is 11.4 Å². The van der Waals surface area contributed by atoms with E-state index in [1.165, 1.54) is 24.1 Å². The SMILES string of the molecule is Cc1ccc(-c2nnn(CC(=O)O[C@@H](C)C(=O)NC34CC5CC(CC(C5)C3)C4)n2)cc1. The molecule has 0 radical (unpaired) electrons. The molecule has 2 aromatic rings. The van der Waals surface area contributed by atoms with Crippen molar-refractivity contribution < 1.29 is 14.3 Å². The molecule has 1 heterocycles. The summed E-state index contributed by atoms with van der Waals surface area (Å²) in [4.78, 5) is 26.3. The normalized spacial score (nSPS) is 29.5. The largest absolute Gasteiger partial charge is 0.451 e. The van der Waals surface area contributed by atoms with E-state index >= 15 is 0 Å². The molecule has 1 N–H and O–H groups in total. The van der Waals surface area contributed by atoms with Gasteiger partial charge in [-0.1, -0.05) is 29.8 Å². The first-order valence-corrected chi connectivity index (χ1v) is 11.2. The Morgan fingerprint density at radius 2 is 1.74 bits per heavy atom. The van der Waals surface area contributed by atoms with Gasteiger partial charge in [0.05, 0.1) is 0 Å². The molecule has 0 saturated heterocycles. The lowest BCUT2D eigenvalue weighted by Gasteiger charge is -2.57. The number of hydrogen-bond donors (Lipinski definition) is 1. The highest BCUT2D eigenvalue weighted by molar-refractivity contribution is 5.84. The van der Waals surface area contributed by atoms with Gasteiger partial charge in [0.1, 0.15) is 0 Å². The Bertz CT molecular complexity index is 948. The molecular formula is C23H29N5O3. The number of carbonyl (C=O) groups is 2. The summed E-state index contributed by atoms with van der Waals surface area (Å²) in [5.41, 5.74) is 1.87. The van der Waals surface area contributed by atoms with E-state index < -0.39 is 12.1 Å². The van der Waals surface area contributed by atoms with Gasteiger partial charge in [-0.2, -0.15) is 4.80 Å². The van der Waals surface area contributed by atoms with Crippen molar-refractivity contribution in [1.29, 1.82) is 0 Å². The number of tetrazole rings is 1. The van der Waals surface area contributed by atoms with Gasteiger partial charge in [0, 0.05) is 11.1 Å². The van der Waals surface area contributed by atoms with Crippen LogP contribution in [0.3, 0.4) is 0 Å². The molecule has 4 fully saturated rings. The molecular weight excluding hydrogens is 394 g/mol. The summed E-state index contributed by atoms with van der Waals surface area (Å²) in [6, 6.07) is 7.75. The Morgan fingerprint density at radius 3 is 2.35 bits per heavy atom. The van der Waals surface area contributed by atoms with E-state index in [0.29, 0.717) is 5.82 Å². The van der Waals surface area contributed by atoms with E-state index in [4.69, 9.17) is 4.74 Å². The summed E-state index contributed by atoms with van der Waals surface area (Å²) in [5.74, 6) is 1.91. The van der Waals surface area contributed by atoms with Crippen molar-refractivity contribution in [2.45, 2.75) is 70.6 Å². The predicted octanol–water partition coefficient (Wildman–Crippen LogP) is 2.67. The van der Waals surface area contributed by atoms with Gasteiger partial charge in [0.25, 0.3) is 5.91 Å². The van der Waals surface area contributed by atoms with Gasteiger partial charge in [0.15, 0.2) is 12.6 Å². The van der Waals surface area contributed by atoms with E-state index in [0.717, 1.165) is 48.1 Å². The van der Waals surface area contributed by atoms with E-state index in [-0.39, 0.29) is 18.0 Å². The molecule has 0 aliphatic heterocycles. The van der Waals surface area contributed by atoms with Gasteiger partial charge in [-0.15, -0.1) is 10.2 Å². The maximum Gasteiger partial charge on any atom is 0.330 e. The number of hydrogen-bond acceptors (Lipinski definition) is 6. The zero-order valence-corrected chi connectivity index (χ0v) is 18.1. The number of aryl methyl sites for hydroxylation is 1. The molecule has 1 atom stereocenters. The minimum atomic E-state index is -0.847. The third-order valence-electron chi connectivity index (χ3n) is 7.14. The molecule has 1 amide bonds. The van der Waals surface area contributed by atoms with Crippen LogP contribution in [0.5, 0.6) is 0 Å². The van der Waals surface area contributed by atoms with Gasteiger partial charge >= 0.3 is 5.97 Å². The summed E-state index contributed by atoms with van der Waals surface area (Å²) in [6.45, 7) is 3.44. The van der Waals surface area contributed by atoms with Crippen LogP contribution >= 0.6 is 0 Å². The molecule has 1 aromatic carbocycles. The van der Waals surface area contributed by atoms with Crippen molar-refractivity contribution in [2.75, 3.05) is 0 Å². The van der Waals surface area contributed by atoms with Crippen molar-refractivity contribution >= 4 is 11.9 Å². The predicted molar refractivity (Wildman–Crippen MR) is 113 cm³/mol. The molecule has 1 aromatic heterocycles. The minimum absolute atomic E-state index is 0.0943. The Morgan fingerprint density at radius 1 is 1.13 bits per heavy atom. The Hall–Kier alpha value is -2.77. The highest BCUT2D eigenvalue weighted by Crippen LogP contribution is 2.55. The van der Waals surface area contributed by atoms with Crippen LogP contribution in [0.2, 0.25) is 0 Å².